The lowest BCUT2D eigenvalue weighted by Crippen LogP contribution is -2.06. The van der Waals surface area contributed by atoms with Gasteiger partial charge < -0.3 is 9.15 Å². The summed E-state index contributed by atoms with van der Waals surface area (Å²) in [7, 11) is 0. The number of ether oxygens (including phenoxy) is 1. The molecule has 5 nitrogen and oxygen atoms in total. The van der Waals surface area contributed by atoms with Gasteiger partial charge in [-0.1, -0.05) is 0 Å². The Balaban J connectivity index is 2.34. The molecule has 0 saturated carbocycles. The zero-order valence-electron chi connectivity index (χ0n) is 9.64. The first-order valence-corrected chi connectivity index (χ1v) is 5.27. The monoisotopic (exact) mass is 232 g/mol. The van der Waals surface area contributed by atoms with Crippen molar-refractivity contribution in [2.24, 2.45) is 0 Å². The Hall–Kier alpha value is -2.17. The zero-order chi connectivity index (χ0) is 12.3. The highest BCUT2D eigenvalue weighted by molar-refractivity contribution is 5.88. The number of pyridine rings is 1. The summed E-state index contributed by atoms with van der Waals surface area (Å²) in [5, 5.41) is 0. The Morgan fingerprint density at radius 3 is 2.76 bits per heavy atom. The summed E-state index contributed by atoms with van der Waals surface area (Å²) in [5.74, 6) is 0.386. The Kier molecular flexibility index (Phi) is 3.18. The van der Waals surface area contributed by atoms with Gasteiger partial charge in [0.15, 0.2) is 5.69 Å². The van der Waals surface area contributed by atoms with Crippen molar-refractivity contribution in [1.82, 2.24) is 9.97 Å². The smallest absolute Gasteiger partial charge is 0.360 e. The second kappa shape index (κ2) is 4.78. The van der Waals surface area contributed by atoms with E-state index in [1.165, 1.54) is 0 Å². The van der Waals surface area contributed by atoms with Crippen LogP contribution in [0.2, 0.25) is 0 Å². The van der Waals surface area contributed by atoms with Crippen LogP contribution in [0.3, 0.4) is 0 Å². The van der Waals surface area contributed by atoms with Gasteiger partial charge in [0.25, 0.3) is 0 Å². The first-order chi connectivity index (χ1) is 8.22. The minimum Gasteiger partial charge on any atom is -0.461 e. The molecule has 0 aromatic carbocycles. The standard InChI is InChI=1S/C12H12N2O3/c1-3-16-12(15)10-8(2)17-11(14-10)9-4-6-13-7-5-9/h4-7H,3H2,1-2H3. The van der Waals surface area contributed by atoms with Crippen LogP contribution < -0.4 is 0 Å². The molecule has 0 atom stereocenters. The number of hydrogen-bond acceptors (Lipinski definition) is 5. The number of rotatable bonds is 3. The molecule has 2 aromatic rings. The maximum absolute atomic E-state index is 11.6. The predicted molar refractivity (Wildman–Crippen MR) is 60.4 cm³/mol. The van der Waals surface area contributed by atoms with E-state index in [4.69, 9.17) is 9.15 Å². The molecular formula is C12H12N2O3. The number of carbonyl (C=O) groups excluding carboxylic acids is 1. The van der Waals surface area contributed by atoms with Gasteiger partial charge in [0.1, 0.15) is 5.76 Å². The van der Waals surface area contributed by atoms with Crippen LogP contribution in [0, 0.1) is 6.92 Å². The maximum Gasteiger partial charge on any atom is 0.360 e. The molecule has 2 rings (SSSR count). The van der Waals surface area contributed by atoms with E-state index in [0.717, 1.165) is 5.56 Å². The van der Waals surface area contributed by atoms with E-state index >= 15 is 0 Å². The van der Waals surface area contributed by atoms with Crippen molar-refractivity contribution in [3.8, 4) is 11.5 Å². The van der Waals surface area contributed by atoms with Crippen molar-refractivity contribution in [2.45, 2.75) is 13.8 Å². The van der Waals surface area contributed by atoms with Crippen LogP contribution in [0.4, 0.5) is 0 Å². The van der Waals surface area contributed by atoms with Crippen molar-refractivity contribution in [1.29, 1.82) is 0 Å². The fourth-order valence-corrected chi connectivity index (χ4v) is 1.40. The molecule has 0 bridgehead atoms. The first kappa shape index (κ1) is 11.3. The van der Waals surface area contributed by atoms with E-state index in [1.807, 2.05) is 0 Å². The summed E-state index contributed by atoms with van der Waals surface area (Å²) in [6, 6.07) is 3.53. The van der Waals surface area contributed by atoms with Crippen LogP contribution in [0.5, 0.6) is 0 Å². The molecule has 0 aliphatic heterocycles. The molecule has 2 heterocycles. The lowest BCUT2D eigenvalue weighted by molar-refractivity contribution is 0.0518. The highest BCUT2D eigenvalue weighted by Crippen LogP contribution is 2.21. The number of nitrogens with zero attached hydrogens (tertiary/aromatic N) is 2. The summed E-state index contributed by atoms with van der Waals surface area (Å²) in [5.41, 5.74) is 0.998. The van der Waals surface area contributed by atoms with Crippen LogP contribution >= 0.6 is 0 Å². The number of oxazole rings is 1. The summed E-state index contributed by atoms with van der Waals surface area (Å²) in [6.07, 6.45) is 3.28. The highest BCUT2D eigenvalue weighted by atomic mass is 16.5. The molecule has 0 aliphatic carbocycles. The van der Waals surface area contributed by atoms with Crippen molar-refractivity contribution < 1.29 is 13.9 Å². The normalized spacial score (nSPS) is 10.2. The van der Waals surface area contributed by atoms with Gasteiger partial charge in [-0.25, -0.2) is 9.78 Å². The van der Waals surface area contributed by atoms with E-state index in [1.54, 1.807) is 38.4 Å². The van der Waals surface area contributed by atoms with E-state index in [0.29, 0.717) is 18.3 Å². The van der Waals surface area contributed by atoms with E-state index in [-0.39, 0.29) is 5.69 Å². The fourth-order valence-electron chi connectivity index (χ4n) is 1.40. The molecular weight excluding hydrogens is 220 g/mol. The average Bonchev–Trinajstić information content (AvgIpc) is 2.73. The van der Waals surface area contributed by atoms with Gasteiger partial charge in [-0.05, 0) is 26.0 Å². The second-order valence-corrected chi connectivity index (χ2v) is 3.38. The van der Waals surface area contributed by atoms with Gasteiger partial charge >= 0.3 is 5.97 Å². The van der Waals surface area contributed by atoms with Gasteiger partial charge in [-0.3, -0.25) is 4.98 Å². The molecule has 5 heteroatoms. The topological polar surface area (TPSA) is 65.2 Å². The molecule has 0 saturated heterocycles. The molecule has 0 amide bonds. The Morgan fingerprint density at radius 1 is 1.41 bits per heavy atom. The quantitative estimate of drug-likeness (QED) is 0.759. The number of hydrogen-bond donors (Lipinski definition) is 0. The minimum absolute atomic E-state index is 0.221. The molecule has 0 unspecified atom stereocenters. The lowest BCUT2D eigenvalue weighted by Gasteiger charge is -1.96. The summed E-state index contributed by atoms with van der Waals surface area (Å²) < 4.78 is 10.3. The van der Waals surface area contributed by atoms with Crippen molar-refractivity contribution in [3.63, 3.8) is 0 Å². The number of aromatic nitrogens is 2. The van der Waals surface area contributed by atoms with Gasteiger partial charge in [0, 0.05) is 18.0 Å². The van der Waals surface area contributed by atoms with Gasteiger partial charge in [0.2, 0.25) is 5.89 Å². The Bertz CT molecular complexity index is 520. The third-order valence-electron chi connectivity index (χ3n) is 2.19. The molecule has 0 spiro atoms. The van der Waals surface area contributed by atoms with E-state index < -0.39 is 5.97 Å². The van der Waals surface area contributed by atoms with E-state index in [2.05, 4.69) is 9.97 Å². The van der Waals surface area contributed by atoms with Crippen LogP contribution in [-0.2, 0) is 4.74 Å². The Labute approximate surface area is 98.5 Å². The number of aryl methyl sites for hydroxylation is 1. The highest BCUT2D eigenvalue weighted by Gasteiger charge is 2.18. The van der Waals surface area contributed by atoms with Crippen LogP contribution in [-0.4, -0.2) is 22.5 Å². The Morgan fingerprint density at radius 2 is 2.12 bits per heavy atom. The predicted octanol–water partition coefficient (Wildman–Crippen LogP) is 2.22. The van der Waals surface area contributed by atoms with Gasteiger partial charge in [0.05, 0.1) is 6.61 Å². The third-order valence-corrected chi connectivity index (χ3v) is 2.19. The average molecular weight is 232 g/mol. The van der Waals surface area contributed by atoms with Gasteiger partial charge in [-0.15, -0.1) is 0 Å². The largest absolute Gasteiger partial charge is 0.461 e. The van der Waals surface area contributed by atoms with Crippen LogP contribution in [0.15, 0.2) is 28.9 Å². The molecule has 0 fully saturated rings. The zero-order valence-corrected chi connectivity index (χ0v) is 9.64. The number of carbonyl (C=O) groups is 1. The molecule has 2 aromatic heterocycles. The maximum atomic E-state index is 11.6. The van der Waals surface area contributed by atoms with Crippen molar-refractivity contribution in [2.75, 3.05) is 6.61 Å². The van der Waals surface area contributed by atoms with E-state index in [9.17, 15) is 4.79 Å². The summed E-state index contributed by atoms with van der Waals surface area (Å²) >= 11 is 0. The van der Waals surface area contributed by atoms with Crippen molar-refractivity contribution >= 4 is 5.97 Å². The molecule has 0 radical (unpaired) electrons. The first-order valence-electron chi connectivity index (χ1n) is 5.27. The molecule has 0 aliphatic rings. The third kappa shape index (κ3) is 2.33. The fraction of sp³-hybridized carbons (Fsp3) is 0.250. The second-order valence-electron chi connectivity index (χ2n) is 3.38. The molecule has 17 heavy (non-hydrogen) atoms. The van der Waals surface area contributed by atoms with Crippen LogP contribution in [0.1, 0.15) is 23.2 Å². The minimum atomic E-state index is -0.464. The van der Waals surface area contributed by atoms with Crippen molar-refractivity contribution in [3.05, 3.63) is 36.0 Å². The SMILES string of the molecule is CCOC(=O)c1nc(-c2ccncc2)oc1C. The molecule has 0 N–H and O–H groups in total. The van der Waals surface area contributed by atoms with Gasteiger partial charge in [-0.2, -0.15) is 0 Å². The number of esters is 1. The van der Waals surface area contributed by atoms with Crippen LogP contribution in [0.25, 0.3) is 11.5 Å². The molecule has 88 valence electrons. The lowest BCUT2D eigenvalue weighted by atomic mass is 10.3. The summed E-state index contributed by atoms with van der Waals surface area (Å²) in [6.45, 7) is 3.75. The summed E-state index contributed by atoms with van der Waals surface area (Å²) in [4.78, 5) is 19.6.